The van der Waals surface area contributed by atoms with Crippen LogP contribution in [0, 0.1) is 5.92 Å². The van der Waals surface area contributed by atoms with Gasteiger partial charge in [-0.1, -0.05) is 12.1 Å². The summed E-state index contributed by atoms with van der Waals surface area (Å²) in [6, 6.07) is 4.37. The highest BCUT2D eigenvalue weighted by Crippen LogP contribution is 2.40. The number of amides is 1. The number of H-pyrrole nitrogens is 1. The molecule has 2 N–H and O–H groups in total. The summed E-state index contributed by atoms with van der Waals surface area (Å²) in [5, 5.41) is 6.14. The fourth-order valence-corrected chi connectivity index (χ4v) is 6.05. The zero-order chi connectivity index (χ0) is 29.5. The Morgan fingerprint density at radius 1 is 1.10 bits per heavy atom. The summed E-state index contributed by atoms with van der Waals surface area (Å²) in [6.45, 7) is 0. The number of halogens is 6. The van der Waals surface area contributed by atoms with Gasteiger partial charge in [0, 0.05) is 24.8 Å². The number of rotatable bonds is 6. The van der Waals surface area contributed by atoms with Crippen molar-refractivity contribution in [2.75, 3.05) is 23.9 Å². The molecule has 1 amide bonds. The van der Waals surface area contributed by atoms with Gasteiger partial charge in [-0.2, -0.15) is 31.4 Å². The van der Waals surface area contributed by atoms with E-state index in [0.29, 0.717) is 9.58 Å². The maximum absolute atomic E-state index is 14.1. The molecule has 216 valence electrons. The van der Waals surface area contributed by atoms with Crippen LogP contribution in [-0.2, 0) is 20.8 Å². The van der Waals surface area contributed by atoms with E-state index in [4.69, 9.17) is 0 Å². The number of alkyl halides is 6. The van der Waals surface area contributed by atoms with Crippen molar-refractivity contribution in [3.8, 4) is 5.69 Å². The van der Waals surface area contributed by atoms with E-state index in [1.807, 2.05) is 0 Å². The summed E-state index contributed by atoms with van der Waals surface area (Å²) >= 11 is 0. The number of nitrogens with one attached hydrogen (secondary N) is 2. The third kappa shape index (κ3) is 6.16. The van der Waals surface area contributed by atoms with Gasteiger partial charge in [0.05, 0.1) is 23.4 Å². The van der Waals surface area contributed by atoms with Crippen LogP contribution in [0.2, 0.25) is 0 Å². The Balaban J connectivity index is 1.60. The molecule has 0 aliphatic carbocycles. The Kier molecular flexibility index (Phi) is 7.75. The van der Waals surface area contributed by atoms with E-state index >= 15 is 0 Å². The minimum atomic E-state index is -4.95. The molecular formula is C24H23F6N5O4S. The lowest BCUT2D eigenvalue weighted by Gasteiger charge is -2.34. The molecule has 40 heavy (non-hydrogen) atoms. The number of aromatic amines is 1. The Hall–Kier alpha value is -3.82. The van der Waals surface area contributed by atoms with Crippen molar-refractivity contribution in [2.24, 2.45) is 5.92 Å². The molecule has 1 aromatic carbocycles. The zero-order valence-corrected chi connectivity index (χ0v) is 21.6. The highest BCUT2D eigenvalue weighted by molar-refractivity contribution is 7.91. The quantitative estimate of drug-likeness (QED) is 0.415. The molecule has 2 aromatic heterocycles. The second kappa shape index (κ2) is 10.6. The van der Waals surface area contributed by atoms with Crippen LogP contribution < -0.4 is 10.9 Å². The predicted molar refractivity (Wildman–Crippen MR) is 132 cm³/mol. The first-order valence-electron chi connectivity index (χ1n) is 11.8. The Bertz CT molecular complexity index is 1530. The monoisotopic (exact) mass is 591 g/mol. The normalized spacial score (nSPS) is 16.9. The van der Waals surface area contributed by atoms with Crippen LogP contribution >= 0.6 is 0 Å². The first-order valence-corrected chi connectivity index (χ1v) is 13.6. The second-order valence-corrected chi connectivity index (χ2v) is 11.6. The summed E-state index contributed by atoms with van der Waals surface area (Å²) in [5.74, 6) is -2.31. The van der Waals surface area contributed by atoms with Gasteiger partial charge in [0.1, 0.15) is 15.5 Å². The van der Waals surface area contributed by atoms with E-state index in [9.17, 15) is 44.3 Å². The lowest BCUT2D eigenvalue weighted by molar-refractivity contribution is -0.190. The largest absolute Gasteiger partial charge is 0.435 e. The molecule has 0 bridgehead atoms. The molecule has 1 unspecified atom stereocenters. The van der Waals surface area contributed by atoms with E-state index in [0.717, 1.165) is 43.6 Å². The summed E-state index contributed by atoms with van der Waals surface area (Å²) < 4.78 is 108. The lowest BCUT2D eigenvalue weighted by atomic mass is 9.98. The topological polar surface area (TPSA) is 117 Å². The number of hydrogen-bond acceptors (Lipinski definition) is 6. The molecule has 1 fully saturated rings. The standard InChI is InChI=1S/C24H23F6N5O4S/c1-34(22(37)15-8-11-40(38,39)12-9-15)19(23(25,26)27)14-4-6-16(7-5-14)33-17-13-32-35(20(17)24(28,29)30)18-3-2-10-31-21(18)36/h2-7,10,13,15,19,33H,8-9,11-12H2,1H3,(H,31,36). The predicted octanol–water partition coefficient (Wildman–Crippen LogP) is 4.21. The van der Waals surface area contributed by atoms with Gasteiger partial charge in [0.25, 0.3) is 5.56 Å². The van der Waals surface area contributed by atoms with Crippen LogP contribution in [-0.4, -0.2) is 58.7 Å². The van der Waals surface area contributed by atoms with Gasteiger partial charge in [-0.05, 0) is 42.7 Å². The first kappa shape index (κ1) is 29.2. The third-order valence-electron chi connectivity index (χ3n) is 6.52. The number of aromatic nitrogens is 3. The average molecular weight is 592 g/mol. The summed E-state index contributed by atoms with van der Waals surface area (Å²) in [5.41, 5.74) is -3.42. The molecule has 1 aliphatic heterocycles. The highest BCUT2D eigenvalue weighted by Gasteiger charge is 2.46. The average Bonchev–Trinajstić information content (AvgIpc) is 3.28. The minimum absolute atomic E-state index is 0.0110. The maximum Gasteiger partial charge on any atom is 0.435 e. The van der Waals surface area contributed by atoms with E-state index in [-0.39, 0.29) is 35.6 Å². The van der Waals surface area contributed by atoms with Crippen molar-refractivity contribution in [1.82, 2.24) is 19.7 Å². The smallest absolute Gasteiger partial charge is 0.352 e. The summed E-state index contributed by atoms with van der Waals surface area (Å²) in [7, 11) is -2.35. The van der Waals surface area contributed by atoms with E-state index in [2.05, 4.69) is 15.4 Å². The SMILES string of the molecule is CN(C(=O)C1CCS(=O)(=O)CC1)C(c1ccc(Nc2cnn(-c3ccc[nH]c3=O)c2C(F)(F)F)cc1)C(F)(F)F. The van der Waals surface area contributed by atoms with Gasteiger partial charge in [0.2, 0.25) is 5.91 Å². The number of benzene rings is 1. The van der Waals surface area contributed by atoms with Crippen LogP contribution in [0.3, 0.4) is 0 Å². The van der Waals surface area contributed by atoms with Crippen LogP contribution in [0.5, 0.6) is 0 Å². The molecule has 0 spiro atoms. The summed E-state index contributed by atoms with van der Waals surface area (Å²) in [6.07, 6.45) is -7.94. The molecule has 9 nitrogen and oxygen atoms in total. The minimum Gasteiger partial charge on any atom is -0.352 e. The molecular weight excluding hydrogens is 568 g/mol. The van der Waals surface area contributed by atoms with Crippen molar-refractivity contribution in [1.29, 1.82) is 0 Å². The van der Waals surface area contributed by atoms with Crippen LogP contribution in [0.15, 0.2) is 53.6 Å². The van der Waals surface area contributed by atoms with Crippen LogP contribution in [0.25, 0.3) is 5.69 Å². The molecule has 16 heteroatoms. The fraction of sp³-hybridized carbons (Fsp3) is 0.375. The lowest BCUT2D eigenvalue weighted by Crippen LogP contribution is -2.44. The van der Waals surface area contributed by atoms with Crippen molar-refractivity contribution in [3.63, 3.8) is 0 Å². The van der Waals surface area contributed by atoms with Gasteiger partial charge >= 0.3 is 12.4 Å². The van der Waals surface area contributed by atoms with Crippen molar-refractivity contribution >= 4 is 27.1 Å². The van der Waals surface area contributed by atoms with Crippen LogP contribution in [0.4, 0.5) is 37.7 Å². The molecule has 0 saturated carbocycles. The van der Waals surface area contributed by atoms with E-state index in [1.165, 1.54) is 12.3 Å². The Labute approximate surface area is 223 Å². The molecule has 1 saturated heterocycles. The van der Waals surface area contributed by atoms with Crippen molar-refractivity contribution in [2.45, 2.75) is 31.2 Å². The fourth-order valence-electron chi connectivity index (χ4n) is 4.56. The van der Waals surface area contributed by atoms with Crippen molar-refractivity contribution < 1.29 is 39.6 Å². The molecule has 3 aromatic rings. The van der Waals surface area contributed by atoms with Gasteiger partial charge in [-0.3, -0.25) is 9.59 Å². The molecule has 1 atom stereocenters. The van der Waals surface area contributed by atoms with E-state index in [1.54, 1.807) is 0 Å². The Morgan fingerprint density at radius 3 is 2.27 bits per heavy atom. The number of anilines is 2. The summed E-state index contributed by atoms with van der Waals surface area (Å²) in [4.78, 5) is 27.6. The molecule has 1 aliphatic rings. The Morgan fingerprint density at radius 2 is 1.73 bits per heavy atom. The van der Waals surface area contributed by atoms with Gasteiger partial charge in [-0.15, -0.1) is 0 Å². The highest BCUT2D eigenvalue weighted by atomic mass is 32.2. The number of carbonyl (C=O) groups is 1. The number of pyridine rings is 1. The van der Waals surface area contributed by atoms with E-state index < -0.39 is 62.7 Å². The first-order chi connectivity index (χ1) is 18.6. The van der Waals surface area contributed by atoms with Gasteiger partial charge in [0.15, 0.2) is 11.7 Å². The van der Waals surface area contributed by atoms with Crippen molar-refractivity contribution in [3.05, 3.63) is 70.4 Å². The van der Waals surface area contributed by atoms with Crippen LogP contribution in [0.1, 0.15) is 30.1 Å². The number of carbonyl (C=O) groups excluding carboxylic acids is 1. The number of sulfone groups is 1. The number of nitrogens with zero attached hydrogens (tertiary/aromatic N) is 3. The third-order valence-corrected chi connectivity index (χ3v) is 8.23. The maximum atomic E-state index is 14.1. The number of hydrogen-bond donors (Lipinski definition) is 2. The van der Waals surface area contributed by atoms with Gasteiger partial charge < -0.3 is 15.2 Å². The second-order valence-electron chi connectivity index (χ2n) is 9.27. The molecule has 0 radical (unpaired) electrons. The molecule has 3 heterocycles. The zero-order valence-electron chi connectivity index (χ0n) is 20.8. The molecule has 4 rings (SSSR count). The van der Waals surface area contributed by atoms with Gasteiger partial charge in [-0.25, -0.2) is 13.1 Å².